The second-order valence-electron chi connectivity index (χ2n) is 6.25. The topological polar surface area (TPSA) is 77.0 Å². The Morgan fingerprint density at radius 2 is 1.96 bits per heavy atom. The van der Waals surface area contributed by atoms with Crippen LogP contribution in [0.4, 0.5) is 5.69 Å². The van der Waals surface area contributed by atoms with Gasteiger partial charge in [-0.05, 0) is 51.0 Å². The summed E-state index contributed by atoms with van der Waals surface area (Å²) in [5, 5.41) is 15.8. The first-order valence-corrected chi connectivity index (χ1v) is 7.76. The quantitative estimate of drug-likeness (QED) is 0.721. The molecule has 2 heterocycles. The highest BCUT2D eigenvalue weighted by Gasteiger charge is 2.34. The fourth-order valence-corrected chi connectivity index (χ4v) is 2.85. The van der Waals surface area contributed by atoms with Crippen molar-refractivity contribution in [3.8, 4) is 0 Å². The van der Waals surface area contributed by atoms with E-state index in [0.717, 1.165) is 11.3 Å². The average Bonchev–Trinajstić information content (AvgIpc) is 2.97. The largest absolute Gasteiger partial charge is 0.377 e. The number of aliphatic hydroxyl groups is 1. The molecule has 23 heavy (non-hydrogen) atoms. The van der Waals surface area contributed by atoms with Crippen molar-refractivity contribution in [1.29, 1.82) is 0 Å². The Balaban J connectivity index is 1.91. The number of anilines is 1. The molecular formula is C17H22N4O2. The SMILES string of the molecule is CC1=NN(c2ccc(C)c(C)c2)C(=O)/C1=C\C1C(C)NNC1O. The van der Waals surface area contributed by atoms with Crippen LogP contribution >= 0.6 is 0 Å². The molecule has 0 bridgehead atoms. The van der Waals surface area contributed by atoms with Crippen LogP contribution in [0.1, 0.15) is 25.0 Å². The zero-order valence-corrected chi connectivity index (χ0v) is 13.8. The predicted octanol–water partition coefficient (Wildman–Crippen LogP) is 1.38. The van der Waals surface area contributed by atoms with Gasteiger partial charge in [-0.25, -0.2) is 5.43 Å². The molecule has 0 saturated carbocycles. The molecule has 3 atom stereocenters. The van der Waals surface area contributed by atoms with E-state index in [1.165, 1.54) is 10.6 Å². The normalized spacial score (nSPS) is 29.5. The van der Waals surface area contributed by atoms with E-state index in [4.69, 9.17) is 0 Å². The van der Waals surface area contributed by atoms with Crippen LogP contribution in [0, 0.1) is 19.8 Å². The van der Waals surface area contributed by atoms with Crippen molar-refractivity contribution in [2.75, 3.05) is 5.01 Å². The van der Waals surface area contributed by atoms with Crippen LogP contribution in [0.5, 0.6) is 0 Å². The minimum atomic E-state index is -0.714. The molecule has 6 nitrogen and oxygen atoms in total. The van der Waals surface area contributed by atoms with Gasteiger partial charge in [0.05, 0.1) is 17.0 Å². The first-order chi connectivity index (χ1) is 10.9. The van der Waals surface area contributed by atoms with Gasteiger partial charge in [0, 0.05) is 12.0 Å². The number of benzene rings is 1. The smallest absolute Gasteiger partial charge is 0.280 e. The van der Waals surface area contributed by atoms with Crippen molar-refractivity contribution in [1.82, 2.24) is 10.9 Å². The third kappa shape index (κ3) is 2.81. The number of hydrazine groups is 1. The molecule has 0 radical (unpaired) electrons. The summed E-state index contributed by atoms with van der Waals surface area (Å²) in [5.74, 6) is -0.337. The third-order valence-electron chi connectivity index (χ3n) is 4.56. The number of amides is 1. The lowest BCUT2D eigenvalue weighted by molar-refractivity contribution is -0.114. The lowest BCUT2D eigenvalue weighted by Crippen LogP contribution is -2.32. The molecule has 3 rings (SSSR count). The molecule has 3 N–H and O–H groups in total. The van der Waals surface area contributed by atoms with E-state index in [0.29, 0.717) is 11.3 Å². The molecule has 0 spiro atoms. The number of rotatable bonds is 2. The fourth-order valence-electron chi connectivity index (χ4n) is 2.85. The van der Waals surface area contributed by atoms with Gasteiger partial charge < -0.3 is 5.11 Å². The van der Waals surface area contributed by atoms with Gasteiger partial charge in [0.1, 0.15) is 6.23 Å². The number of nitrogens with zero attached hydrogens (tertiary/aromatic N) is 2. The zero-order valence-electron chi connectivity index (χ0n) is 13.8. The Morgan fingerprint density at radius 3 is 2.57 bits per heavy atom. The van der Waals surface area contributed by atoms with Crippen LogP contribution in [0.15, 0.2) is 34.9 Å². The Hall–Kier alpha value is -2.02. The number of aryl methyl sites for hydroxylation is 2. The molecular weight excluding hydrogens is 292 g/mol. The summed E-state index contributed by atoms with van der Waals surface area (Å²) in [6, 6.07) is 5.88. The molecule has 1 saturated heterocycles. The van der Waals surface area contributed by atoms with Crippen molar-refractivity contribution >= 4 is 17.3 Å². The van der Waals surface area contributed by atoms with Crippen LogP contribution < -0.4 is 15.9 Å². The predicted molar refractivity (Wildman–Crippen MR) is 89.8 cm³/mol. The third-order valence-corrected chi connectivity index (χ3v) is 4.56. The second-order valence-corrected chi connectivity index (χ2v) is 6.25. The fraction of sp³-hybridized carbons (Fsp3) is 0.412. The molecule has 1 amide bonds. The van der Waals surface area contributed by atoms with Crippen LogP contribution in [-0.2, 0) is 4.79 Å². The van der Waals surface area contributed by atoms with Crippen LogP contribution in [0.2, 0.25) is 0 Å². The van der Waals surface area contributed by atoms with E-state index in [1.807, 2.05) is 52.0 Å². The highest BCUT2D eigenvalue weighted by Crippen LogP contribution is 2.27. The van der Waals surface area contributed by atoms with Crippen molar-refractivity contribution < 1.29 is 9.90 Å². The van der Waals surface area contributed by atoms with Gasteiger partial charge in [-0.15, -0.1) is 0 Å². The molecule has 1 fully saturated rings. The highest BCUT2D eigenvalue weighted by molar-refractivity contribution is 6.29. The summed E-state index contributed by atoms with van der Waals surface area (Å²) < 4.78 is 0. The maximum atomic E-state index is 12.7. The van der Waals surface area contributed by atoms with Crippen LogP contribution in [0.3, 0.4) is 0 Å². The zero-order chi connectivity index (χ0) is 16.7. The Bertz CT molecular complexity index is 701. The Labute approximate surface area is 135 Å². The number of carbonyl (C=O) groups is 1. The first kappa shape index (κ1) is 15.9. The number of hydrazone groups is 1. The summed E-state index contributed by atoms with van der Waals surface area (Å²) in [7, 11) is 0. The van der Waals surface area contributed by atoms with Gasteiger partial charge in [-0.2, -0.15) is 10.1 Å². The lowest BCUT2D eigenvalue weighted by Gasteiger charge is -2.15. The maximum Gasteiger partial charge on any atom is 0.280 e. The van der Waals surface area contributed by atoms with Gasteiger partial charge in [-0.3, -0.25) is 10.2 Å². The van der Waals surface area contributed by atoms with Crippen molar-refractivity contribution in [2.24, 2.45) is 11.0 Å². The van der Waals surface area contributed by atoms with Crippen LogP contribution in [0.25, 0.3) is 0 Å². The van der Waals surface area contributed by atoms with Gasteiger partial charge >= 0.3 is 0 Å². The molecule has 6 heteroatoms. The van der Waals surface area contributed by atoms with Gasteiger partial charge in [-0.1, -0.05) is 12.1 Å². The molecule has 1 aromatic carbocycles. The van der Waals surface area contributed by atoms with E-state index < -0.39 is 6.23 Å². The molecule has 2 aliphatic rings. The molecule has 1 aromatic rings. The standard InChI is InChI=1S/C17H22N4O2/c1-9-5-6-13(7-10(9)2)21-17(23)15(12(4)20-21)8-14-11(3)18-19-16(14)22/h5-8,11,14,16,18-19,22H,1-4H3/b15-8-. The minimum Gasteiger partial charge on any atom is -0.377 e. The first-order valence-electron chi connectivity index (χ1n) is 7.76. The number of hydrogen-bond donors (Lipinski definition) is 3. The summed E-state index contributed by atoms with van der Waals surface area (Å²) >= 11 is 0. The van der Waals surface area contributed by atoms with Crippen molar-refractivity contribution in [3.63, 3.8) is 0 Å². The molecule has 0 aliphatic carbocycles. The molecule has 0 aromatic heterocycles. The minimum absolute atomic E-state index is 0.0359. The number of carbonyl (C=O) groups excluding carboxylic acids is 1. The van der Waals surface area contributed by atoms with E-state index in [-0.39, 0.29) is 17.9 Å². The number of hydrogen-bond acceptors (Lipinski definition) is 5. The van der Waals surface area contributed by atoms with Gasteiger partial charge in [0.25, 0.3) is 5.91 Å². The van der Waals surface area contributed by atoms with E-state index in [9.17, 15) is 9.90 Å². The van der Waals surface area contributed by atoms with Gasteiger partial charge in [0.15, 0.2) is 0 Å². The number of nitrogens with one attached hydrogen (secondary N) is 2. The number of aliphatic hydroxyl groups excluding tert-OH is 1. The molecule has 2 aliphatic heterocycles. The summed E-state index contributed by atoms with van der Waals surface area (Å²) in [5.41, 5.74) is 10.0. The van der Waals surface area contributed by atoms with E-state index in [2.05, 4.69) is 16.0 Å². The second kappa shape index (κ2) is 5.88. The Kier molecular flexibility index (Phi) is 4.06. The van der Waals surface area contributed by atoms with E-state index >= 15 is 0 Å². The Morgan fingerprint density at radius 1 is 1.22 bits per heavy atom. The molecule has 122 valence electrons. The van der Waals surface area contributed by atoms with Gasteiger partial charge in [0.2, 0.25) is 0 Å². The van der Waals surface area contributed by atoms with Crippen molar-refractivity contribution in [2.45, 2.75) is 40.0 Å². The highest BCUT2D eigenvalue weighted by atomic mass is 16.3. The average molecular weight is 314 g/mol. The summed E-state index contributed by atoms with van der Waals surface area (Å²) in [6.45, 7) is 7.82. The lowest BCUT2D eigenvalue weighted by atomic mass is 9.97. The summed E-state index contributed by atoms with van der Waals surface area (Å²) in [4.78, 5) is 12.7. The van der Waals surface area contributed by atoms with E-state index in [1.54, 1.807) is 0 Å². The summed E-state index contributed by atoms with van der Waals surface area (Å²) in [6.07, 6.45) is 1.10. The molecule has 3 unspecified atom stereocenters. The van der Waals surface area contributed by atoms with Crippen LogP contribution in [-0.4, -0.2) is 29.0 Å². The van der Waals surface area contributed by atoms with Crippen molar-refractivity contribution in [3.05, 3.63) is 41.0 Å². The maximum absolute atomic E-state index is 12.7. The monoisotopic (exact) mass is 314 g/mol.